The van der Waals surface area contributed by atoms with Crippen LogP contribution in [0.1, 0.15) is 15.9 Å². The summed E-state index contributed by atoms with van der Waals surface area (Å²) in [6.45, 7) is 0.574. The minimum absolute atomic E-state index is 0.115. The average molecular weight is 250 g/mol. The lowest BCUT2D eigenvalue weighted by atomic mass is 10.2. The maximum absolute atomic E-state index is 11.7. The molecule has 3 nitrogen and oxygen atoms in total. The van der Waals surface area contributed by atoms with Crippen LogP contribution in [0.25, 0.3) is 0 Å². The molecular weight excluding hydrogens is 238 g/mol. The first kappa shape index (κ1) is 11.7. The average Bonchev–Trinajstić information content (AvgIpc) is 2.82. The molecule has 1 N–H and O–H groups in total. The molecule has 1 aromatic carbocycles. The van der Waals surface area contributed by atoms with Crippen LogP contribution < -0.4 is 5.32 Å². The van der Waals surface area contributed by atoms with Crippen LogP contribution in [0.2, 0.25) is 5.02 Å². The van der Waals surface area contributed by atoms with E-state index >= 15 is 0 Å². The van der Waals surface area contributed by atoms with E-state index in [1.807, 2.05) is 6.07 Å². The highest BCUT2D eigenvalue weighted by Gasteiger charge is 2.05. The summed E-state index contributed by atoms with van der Waals surface area (Å²) in [6, 6.07) is 8.76. The normalized spacial score (nSPS) is 10.2. The van der Waals surface area contributed by atoms with E-state index in [-0.39, 0.29) is 5.91 Å². The maximum atomic E-state index is 11.7. The molecule has 1 heterocycles. The lowest BCUT2D eigenvalue weighted by molar-refractivity contribution is 0.0954. The van der Waals surface area contributed by atoms with Crippen molar-refractivity contribution in [2.24, 2.45) is 0 Å². The monoisotopic (exact) mass is 249 g/mol. The zero-order valence-electron chi connectivity index (χ0n) is 9.15. The van der Waals surface area contributed by atoms with Gasteiger partial charge in [0.05, 0.1) is 12.5 Å². The van der Waals surface area contributed by atoms with Crippen molar-refractivity contribution in [1.82, 2.24) is 5.32 Å². The van der Waals surface area contributed by atoms with Gasteiger partial charge in [-0.15, -0.1) is 0 Å². The lowest BCUT2D eigenvalue weighted by Crippen LogP contribution is -2.25. The largest absolute Gasteiger partial charge is 0.472 e. The van der Waals surface area contributed by atoms with Crippen LogP contribution in [0.3, 0.4) is 0 Å². The molecule has 0 radical (unpaired) electrons. The highest BCUT2D eigenvalue weighted by atomic mass is 35.5. The van der Waals surface area contributed by atoms with Gasteiger partial charge in [-0.3, -0.25) is 4.79 Å². The maximum Gasteiger partial charge on any atom is 0.251 e. The van der Waals surface area contributed by atoms with Gasteiger partial charge in [0.1, 0.15) is 0 Å². The Labute approximate surface area is 104 Å². The van der Waals surface area contributed by atoms with Crippen LogP contribution in [0.15, 0.2) is 47.3 Å². The smallest absolute Gasteiger partial charge is 0.251 e. The number of hydrogen-bond acceptors (Lipinski definition) is 2. The quantitative estimate of drug-likeness (QED) is 0.905. The van der Waals surface area contributed by atoms with Crippen molar-refractivity contribution in [3.05, 3.63) is 59.0 Å². The van der Waals surface area contributed by atoms with Crippen LogP contribution in [-0.4, -0.2) is 12.5 Å². The van der Waals surface area contributed by atoms with Gasteiger partial charge in [-0.25, -0.2) is 0 Å². The summed E-state index contributed by atoms with van der Waals surface area (Å²) in [5.74, 6) is -0.115. The number of benzene rings is 1. The molecule has 0 bridgehead atoms. The molecule has 0 spiro atoms. The molecule has 1 aromatic heterocycles. The molecule has 0 saturated heterocycles. The number of furan rings is 1. The van der Waals surface area contributed by atoms with Crippen LogP contribution in [0.5, 0.6) is 0 Å². The molecule has 0 aliphatic carbocycles. The minimum atomic E-state index is -0.115. The Balaban J connectivity index is 1.85. The van der Waals surface area contributed by atoms with Crippen molar-refractivity contribution in [2.75, 3.05) is 6.54 Å². The third-order valence-corrected chi connectivity index (χ3v) is 2.60. The second-order valence-corrected chi connectivity index (χ2v) is 4.08. The van der Waals surface area contributed by atoms with Gasteiger partial charge in [-0.1, -0.05) is 17.7 Å². The lowest BCUT2D eigenvalue weighted by Gasteiger charge is -2.04. The summed E-state index contributed by atoms with van der Waals surface area (Å²) >= 11 is 5.81. The summed E-state index contributed by atoms with van der Waals surface area (Å²) in [5.41, 5.74) is 1.64. The van der Waals surface area contributed by atoms with Gasteiger partial charge in [0.2, 0.25) is 0 Å². The van der Waals surface area contributed by atoms with Gasteiger partial charge in [0.15, 0.2) is 0 Å². The summed E-state index contributed by atoms with van der Waals surface area (Å²) < 4.78 is 4.94. The minimum Gasteiger partial charge on any atom is -0.472 e. The number of nitrogens with one attached hydrogen (secondary N) is 1. The topological polar surface area (TPSA) is 42.2 Å². The predicted octanol–water partition coefficient (Wildman–Crippen LogP) is 2.91. The van der Waals surface area contributed by atoms with E-state index in [1.165, 1.54) is 0 Å². The molecule has 88 valence electrons. The molecule has 0 saturated carbocycles. The van der Waals surface area contributed by atoms with E-state index in [0.29, 0.717) is 17.1 Å². The zero-order valence-corrected chi connectivity index (χ0v) is 9.91. The van der Waals surface area contributed by atoms with Crippen molar-refractivity contribution < 1.29 is 9.21 Å². The molecular formula is C13H12ClNO2. The first-order valence-corrected chi connectivity index (χ1v) is 5.68. The van der Waals surface area contributed by atoms with E-state index in [2.05, 4.69) is 5.32 Å². The van der Waals surface area contributed by atoms with Crippen molar-refractivity contribution >= 4 is 17.5 Å². The van der Waals surface area contributed by atoms with Gasteiger partial charge in [-0.05, 0) is 36.2 Å². The highest BCUT2D eigenvalue weighted by molar-refractivity contribution is 6.30. The number of amides is 1. The van der Waals surface area contributed by atoms with Crippen LogP contribution in [0.4, 0.5) is 0 Å². The number of carbonyl (C=O) groups excluding carboxylic acids is 1. The molecule has 0 fully saturated rings. The Hall–Kier alpha value is -1.74. The Bertz CT molecular complexity index is 494. The third-order valence-electron chi connectivity index (χ3n) is 2.37. The van der Waals surface area contributed by atoms with Crippen molar-refractivity contribution in [2.45, 2.75) is 6.42 Å². The summed E-state index contributed by atoms with van der Waals surface area (Å²) in [7, 11) is 0. The summed E-state index contributed by atoms with van der Waals surface area (Å²) in [6.07, 6.45) is 4.04. The van der Waals surface area contributed by atoms with Crippen molar-refractivity contribution in [3.8, 4) is 0 Å². The molecule has 0 atom stereocenters. The number of rotatable bonds is 4. The second-order valence-electron chi connectivity index (χ2n) is 3.65. The first-order valence-electron chi connectivity index (χ1n) is 5.30. The number of halogens is 1. The predicted molar refractivity (Wildman–Crippen MR) is 66.2 cm³/mol. The molecule has 2 rings (SSSR count). The van der Waals surface area contributed by atoms with Crippen molar-refractivity contribution in [1.29, 1.82) is 0 Å². The second kappa shape index (κ2) is 5.55. The molecule has 1 amide bonds. The van der Waals surface area contributed by atoms with Gasteiger partial charge in [-0.2, -0.15) is 0 Å². The Morgan fingerprint density at radius 3 is 2.94 bits per heavy atom. The Kier molecular flexibility index (Phi) is 3.83. The van der Waals surface area contributed by atoms with Crippen LogP contribution in [-0.2, 0) is 6.42 Å². The van der Waals surface area contributed by atoms with Gasteiger partial charge in [0, 0.05) is 17.1 Å². The van der Waals surface area contributed by atoms with Gasteiger partial charge < -0.3 is 9.73 Å². The molecule has 4 heteroatoms. The van der Waals surface area contributed by atoms with Gasteiger partial charge in [0.25, 0.3) is 5.91 Å². The van der Waals surface area contributed by atoms with E-state index < -0.39 is 0 Å². The van der Waals surface area contributed by atoms with Crippen LogP contribution in [0, 0.1) is 0 Å². The van der Waals surface area contributed by atoms with Crippen LogP contribution >= 0.6 is 11.6 Å². The zero-order chi connectivity index (χ0) is 12.1. The van der Waals surface area contributed by atoms with Crippen molar-refractivity contribution in [3.63, 3.8) is 0 Å². The molecule has 2 aromatic rings. The fourth-order valence-electron chi connectivity index (χ4n) is 1.49. The summed E-state index contributed by atoms with van der Waals surface area (Å²) in [5, 5.41) is 3.39. The molecule has 0 aliphatic heterocycles. The van der Waals surface area contributed by atoms with E-state index in [0.717, 1.165) is 12.0 Å². The first-order chi connectivity index (χ1) is 8.25. The van der Waals surface area contributed by atoms with Gasteiger partial charge >= 0.3 is 0 Å². The standard InChI is InChI=1S/C13H12ClNO2/c14-12-3-1-2-11(8-12)13(16)15-6-4-10-5-7-17-9-10/h1-3,5,7-9H,4,6H2,(H,15,16). The Morgan fingerprint density at radius 2 is 2.24 bits per heavy atom. The third kappa shape index (κ3) is 3.36. The SMILES string of the molecule is O=C(NCCc1ccoc1)c1cccc(Cl)c1. The summed E-state index contributed by atoms with van der Waals surface area (Å²) in [4.78, 5) is 11.7. The highest BCUT2D eigenvalue weighted by Crippen LogP contribution is 2.10. The number of hydrogen-bond donors (Lipinski definition) is 1. The fraction of sp³-hybridized carbons (Fsp3) is 0.154. The number of carbonyl (C=O) groups is 1. The molecule has 0 unspecified atom stereocenters. The van der Waals surface area contributed by atoms with E-state index in [9.17, 15) is 4.79 Å². The van der Waals surface area contributed by atoms with E-state index in [4.69, 9.17) is 16.0 Å². The fourth-order valence-corrected chi connectivity index (χ4v) is 1.68. The van der Waals surface area contributed by atoms with E-state index in [1.54, 1.807) is 36.8 Å². The Morgan fingerprint density at radius 1 is 1.35 bits per heavy atom. The molecule has 17 heavy (non-hydrogen) atoms. The molecule has 0 aliphatic rings.